The number of aryl methyl sites for hydroxylation is 1. The Morgan fingerprint density at radius 1 is 1.43 bits per heavy atom. The van der Waals surface area contributed by atoms with Crippen molar-refractivity contribution >= 4 is 46.0 Å². The number of hydrogen-bond donors (Lipinski definition) is 2. The van der Waals surface area contributed by atoms with Gasteiger partial charge in [-0.25, -0.2) is 9.97 Å². The van der Waals surface area contributed by atoms with Gasteiger partial charge < -0.3 is 11.1 Å². The van der Waals surface area contributed by atoms with E-state index in [0.29, 0.717) is 18.2 Å². The lowest BCUT2D eigenvalue weighted by molar-refractivity contribution is 0.102. The monoisotopic (exact) mass is 346 g/mol. The van der Waals surface area contributed by atoms with Gasteiger partial charge in [0.2, 0.25) is 0 Å². The van der Waals surface area contributed by atoms with Gasteiger partial charge in [-0.15, -0.1) is 35.1 Å². The molecule has 2 heterocycles. The first-order chi connectivity index (χ1) is 9.49. The molecule has 2 aromatic heterocycles. The molecule has 1 amide bonds. The Balaban J connectivity index is 0.00000220. The van der Waals surface area contributed by atoms with Crippen LogP contribution in [0.5, 0.6) is 0 Å². The van der Waals surface area contributed by atoms with Gasteiger partial charge in [0.15, 0.2) is 0 Å². The maximum absolute atomic E-state index is 12.2. The average Bonchev–Trinajstić information content (AvgIpc) is 2.96. The van der Waals surface area contributed by atoms with E-state index in [0.717, 1.165) is 27.1 Å². The van der Waals surface area contributed by atoms with E-state index in [1.54, 1.807) is 5.38 Å². The number of carbonyl (C=O) groups excluding carboxylic acids is 1. The lowest BCUT2D eigenvalue weighted by atomic mass is 10.1. The van der Waals surface area contributed by atoms with Crippen molar-refractivity contribution in [2.24, 2.45) is 11.7 Å². The van der Waals surface area contributed by atoms with Gasteiger partial charge in [0.1, 0.15) is 15.7 Å². The Morgan fingerprint density at radius 2 is 2.14 bits per heavy atom. The number of thiazole rings is 2. The molecule has 8 heteroatoms. The first kappa shape index (κ1) is 18.0. The molecule has 0 atom stereocenters. The summed E-state index contributed by atoms with van der Waals surface area (Å²) in [5.74, 6) is 0.296. The van der Waals surface area contributed by atoms with Crippen LogP contribution in [0.2, 0.25) is 0 Å². The van der Waals surface area contributed by atoms with E-state index < -0.39 is 0 Å². The highest BCUT2D eigenvalue weighted by molar-refractivity contribution is 7.16. The van der Waals surface area contributed by atoms with Crippen LogP contribution in [0.25, 0.3) is 0 Å². The number of nitrogens with zero attached hydrogens (tertiary/aromatic N) is 2. The molecule has 0 bridgehead atoms. The van der Waals surface area contributed by atoms with Crippen LogP contribution in [-0.4, -0.2) is 15.9 Å². The van der Waals surface area contributed by atoms with Crippen LogP contribution in [0.3, 0.4) is 0 Å². The molecule has 0 saturated carbocycles. The Morgan fingerprint density at radius 3 is 2.71 bits per heavy atom. The minimum absolute atomic E-state index is 0. The molecule has 0 radical (unpaired) electrons. The van der Waals surface area contributed by atoms with Crippen molar-refractivity contribution in [3.63, 3.8) is 0 Å². The molecule has 0 aliphatic carbocycles. The van der Waals surface area contributed by atoms with Crippen molar-refractivity contribution in [1.29, 1.82) is 0 Å². The minimum atomic E-state index is -0.199. The van der Waals surface area contributed by atoms with Crippen LogP contribution in [0.1, 0.15) is 40.0 Å². The van der Waals surface area contributed by atoms with Gasteiger partial charge in [0, 0.05) is 11.9 Å². The minimum Gasteiger partial charge on any atom is -0.325 e. The van der Waals surface area contributed by atoms with Crippen LogP contribution in [0, 0.1) is 12.8 Å². The van der Waals surface area contributed by atoms with Gasteiger partial charge >= 0.3 is 0 Å². The molecular weight excluding hydrogens is 328 g/mol. The second kappa shape index (κ2) is 7.84. The quantitative estimate of drug-likeness (QED) is 0.870. The molecule has 0 aromatic carbocycles. The Labute approximate surface area is 138 Å². The molecule has 0 unspecified atom stereocenters. The lowest BCUT2D eigenvalue weighted by Crippen LogP contribution is -2.13. The van der Waals surface area contributed by atoms with Gasteiger partial charge in [-0.1, -0.05) is 13.8 Å². The van der Waals surface area contributed by atoms with E-state index >= 15 is 0 Å². The molecule has 21 heavy (non-hydrogen) atoms. The summed E-state index contributed by atoms with van der Waals surface area (Å²) in [6.07, 6.45) is 0.852. The zero-order valence-electron chi connectivity index (χ0n) is 12.2. The summed E-state index contributed by atoms with van der Waals surface area (Å²) in [6, 6.07) is 0. The summed E-state index contributed by atoms with van der Waals surface area (Å²) in [4.78, 5) is 20.8. The van der Waals surface area contributed by atoms with Gasteiger partial charge in [-0.3, -0.25) is 4.79 Å². The molecule has 0 fully saturated rings. The van der Waals surface area contributed by atoms with Gasteiger partial charge in [-0.05, 0) is 19.3 Å². The average molecular weight is 347 g/mol. The number of nitrogens with one attached hydrogen (secondary N) is 1. The number of anilines is 1. The van der Waals surface area contributed by atoms with Crippen LogP contribution < -0.4 is 11.1 Å². The second-order valence-corrected chi connectivity index (χ2v) is 7.04. The van der Waals surface area contributed by atoms with Crippen molar-refractivity contribution in [3.05, 3.63) is 26.8 Å². The lowest BCUT2D eigenvalue weighted by Gasteiger charge is -2.05. The number of halogens is 1. The summed E-state index contributed by atoms with van der Waals surface area (Å²) in [5, 5.41) is 7.18. The summed E-state index contributed by atoms with van der Waals surface area (Å²) in [5.41, 5.74) is 6.87. The van der Waals surface area contributed by atoms with E-state index in [1.807, 2.05) is 6.92 Å². The molecule has 0 saturated heterocycles. The molecular formula is C13H19ClN4OS2. The molecule has 0 spiro atoms. The predicted molar refractivity (Wildman–Crippen MR) is 90.6 cm³/mol. The standard InChI is InChI=1S/C13H18N4OS2.ClH/c1-7(2)4-9-13(20-8(3)15-9)17-12(18)10-6-19-11(5-14)16-10;/h6-7H,4-5,14H2,1-3H3,(H,17,18);1H. The first-order valence-corrected chi connectivity index (χ1v) is 8.11. The smallest absolute Gasteiger partial charge is 0.275 e. The van der Waals surface area contributed by atoms with E-state index in [2.05, 4.69) is 29.1 Å². The van der Waals surface area contributed by atoms with Gasteiger partial charge in [0.05, 0.1) is 10.7 Å². The fourth-order valence-electron chi connectivity index (χ4n) is 1.77. The van der Waals surface area contributed by atoms with Crippen LogP contribution in [0.4, 0.5) is 5.00 Å². The molecule has 3 N–H and O–H groups in total. The van der Waals surface area contributed by atoms with Crippen molar-refractivity contribution in [2.75, 3.05) is 5.32 Å². The summed E-state index contributed by atoms with van der Waals surface area (Å²) >= 11 is 2.90. The number of hydrogen-bond acceptors (Lipinski definition) is 6. The van der Waals surface area contributed by atoms with Crippen molar-refractivity contribution < 1.29 is 4.79 Å². The first-order valence-electron chi connectivity index (χ1n) is 6.41. The van der Waals surface area contributed by atoms with Crippen molar-refractivity contribution in [2.45, 2.75) is 33.7 Å². The highest BCUT2D eigenvalue weighted by Gasteiger charge is 2.16. The molecule has 2 rings (SSSR count). The number of aromatic nitrogens is 2. The molecule has 0 aliphatic heterocycles. The Bertz CT molecular complexity index is 609. The number of carbonyl (C=O) groups is 1. The largest absolute Gasteiger partial charge is 0.325 e. The Hall–Kier alpha value is -1.02. The molecule has 2 aromatic rings. The SMILES string of the molecule is Cc1nc(CC(C)C)c(NC(=O)c2csc(CN)n2)s1.Cl. The maximum Gasteiger partial charge on any atom is 0.275 e. The highest BCUT2D eigenvalue weighted by atomic mass is 35.5. The highest BCUT2D eigenvalue weighted by Crippen LogP contribution is 2.27. The third kappa shape index (κ3) is 4.74. The Kier molecular flexibility index (Phi) is 6.73. The molecule has 0 aliphatic rings. The number of rotatable bonds is 5. The predicted octanol–water partition coefficient (Wildman–Crippen LogP) is 3.24. The third-order valence-corrected chi connectivity index (χ3v) is 4.39. The summed E-state index contributed by atoms with van der Waals surface area (Å²) < 4.78 is 0. The molecule has 5 nitrogen and oxygen atoms in total. The fourth-order valence-corrected chi connectivity index (χ4v) is 3.27. The summed E-state index contributed by atoms with van der Waals surface area (Å²) in [7, 11) is 0. The zero-order valence-corrected chi connectivity index (χ0v) is 14.6. The van der Waals surface area contributed by atoms with E-state index in [-0.39, 0.29) is 18.3 Å². The number of nitrogens with two attached hydrogens (primary N) is 1. The van der Waals surface area contributed by atoms with E-state index in [9.17, 15) is 4.79 Å². The van der Waals surface area contributed by atoms with Gasteiger partial charge in [0.25, 0.3) is 5.91 Å². The van der Waals surface area contributed by atoms with Crippen molar-refractivity contribution in [3.8, 4) is 0 Å². The second-order valence-electron chi connectivity index (χ2n) is 4.89. The van der Waals surface area contributed by atoms with E-state index in [4.69, 9.17) is 5.73 Å². The normalized spacial score (nSPS) is 10.5. The zero-order chi connectivity index (χ0) is 14.7. The van der Waals surface area contributed by atoms with E-state index in [1.165, 1.54) is 22.7 Å². The van der Waals surface area contributed by atoms with Crippen LogP contribution >= 0.6 is 35.1 Å². The maximum atomic E-state index is 12.2. The van der Waals surface area contributed by atoms with Crippen LogP contribution in [-0.2, 0) is 13.0 Å². The molecule has 116 valence electrons. The third-order valence-electron chi connectivity index (χ3n) is 2.59. The van der Waals surface area contributed by atoms with Crippen LogP contribution in [0.15, 0.2) is 5.38 Å². The fraction of sp³-hybridized carbons (Fsp3) is 0.462. The summed E-state index contributed by atoms with van der Waals surface area (Å²) in [6.45, 7) is 6.57. The number of amides is 1. The topological polar surface area (TPSA) is 80.9 Å². The van der Waals surface area contributed by atoms with Crippen molar-refractivity contribution in [1.82, 2.24) is 9.97 Å². The van der Waals surface area contributed by atoms with Gasteiger partial charge in [-0.2, -0.15) is 0 Å².